The topological polar surface area (TPSA) is 53.3 Å². The Kier molecular flexibility index (Phi) is 9.40. The molecule has 0 saturated heterocycles. The summed E-state index contributed by atoms with van der Waals surface area (Å²) >= 11 is 0. The minimum absolute atomic E-state index is 0.0732. The number of carbonyl (C=O) groups excluding carboxylic acids is 2. The predicted octanol–water partition coefficient (Wildman–Crippen LogP) is 7.75. The first-order chi connectivity index (χ1) is 20.5. The van der Waals surface area contributed by atoms with Crippen molar-refractivity contribution < 1.29 is 14.2 Å². The number of pyridine rings is 1. The van der Waals surface area contributed by atoms with Crippen molar-refractivity contribution in [2.75, 3.05) is 16.8 Å². The number of hydrogen-bond donors (Lipinski definition) is 1. The number of unbranched alkanes of at least 4 members (excludes halogenated alkanes) is 3. The number of rotatable bonds is 11. The highest BCUT2D eigenvalue weighted by Gasteiger charge is 2.25. The van der Waals surface area contributed by atoms with Crippen LogP contribution in [0.1, 0.15) is 56.2 Å². The van der Waals surface area contributed by atoms with E-state index in [1.807, 2.05) is 65.5 Å². The van der Waals surface area contributed by atoms with Gasteiger partial charge in [-0.1, -0.05) is 86.9 Å². The number of ketones is 1. The van der Waals surface area contributed by atoms with E-state index in [2.05, 4.69) is 71.7 Å². The van der Waals surface area contributed by atoms with Crippen LogP contribution in [0.3, 0.4) is 0 Å². The highest BCUT2D eigenvalue weighted by atomic mass is 16.1. The van der Waals surface area contributed by atoms with Crippen LogP contribution >= 0.6 is 0 Å². The van der Waals surface area contributed by atoms with E-state index in [9.17, 15) is 9.59 Å². The van der Waals surface area contributed by atoms with E-state index >= 15 is 0 Å². The number of benzene rings is 3. The van der Waals surface area contributed by atoms with Gasteiger partial charge in [0.15, 0.2) is 18.2 Å². The molecule has 1 N–H and O–H groups in total. The highest BCUT2D eigenvalue weighted by molar-refractivity contribution is 6.25. The lowest BCUT2D eigenvalue weighted by atomic mass is 9.89. The molecule has 4 aromatic rings. The minimum Gasteiger partial charge on any atom is -0.340 e. The van der Waals surface area contributed by atoms with Crippen molar-refractivity contribution in [2.45, 2.75) is 46.1 Å². The average molecular weight is 557 g/mol. The largest absolute Gasteiger partial charge is 0.340 e. The second-order valence-electron chi connectivity index (χ2n) is 10.7. The fourth-order valence-corrected chi connectivity index (χ4v) is 5.45. The van der Waals surface area contributed by atoms with Crippen molar-refractivity contribution in [3.63, 3.8) is 0 Å². The molecule has 1 amide bonds. The van der Waals surface area contributed by atoms with Crippen LogP contribution in [0.5, 0.6) is 0 Å². The molecule has 3 aromatic carbocycles. The van der Waals surface area contributed by atoms with Crippen LogP contribution in [0.15, 0.2) is 116 Å². The molecule has 0 bridgehead atoms. The summed E-state index contributed by atoms with van der Waals surface area (Å²) in [5.74, 6) is -0.124. The normalized spacial score (nSPS) is 12.4. The van der Waals surface area contributed by atoms with Gasteiger partial charge in [0, 0.05) is 59.4 Å². The lowest BCUT2D eigenvalue weighted by molar-refractivity contribution is -0.684. The molecule has 5 rings (SSSR count). The maximum absolute atomic E-state index is 13.7. The van der Waals surface area contributed by atoms with E-state index in [0.29, 0.717) is 12.1 Å². The quantitative estimate of drug-likeness (QED) is 0.117. The van der Waals surface area contributed by atoms with Gasteiger partial charge in [-0.25, -0.2) is 0 Å². The molecule has 42 heavy (non-hydrogen) atoms. The van der Waals surface area contributed by atoms with E-state index in [-0.39, 0.29) is 11.7 Å². The number of para-hydroxylation sites is 3. The first kappa shape index (κ1) is 28.7. The van der Waals surface area contributed by atoms with Gasteiger partial charge in [-0.2, -0.15) is 4.57 Å². The Balaban J connectivity index is 1.57. The van der Waals surface area contributed by atoms with Crippen LogP contribution in [0.4, 0.5) is 17.1 Å². The fourth-order valence-electron chi connectivity index (χ4n) is 5.45. The number of amides is 1. The monoisotopic (exact) mass is 556 g/mol. The number of aromatic nitrogens is 1. The molecule has 5 nitrogen and oxygen atoms in total. The molecule has 212 valence electrons. The number of fused-ring (bicyclic) bond motifs is 2. The van der Waals surface area contributed by atoms with E-state index in [1.54, 1.807) is 6.92 Å². The molecule has 0 fully saturated rings. The summed E-state index contributed by atoms with van der Waals surface area (Å²) in [6.07, 6.45) is 12.5. The molecule has 2 heterocycles. The molecule has 0 aliphatic carbocycles. The standard InChI is InChI=1S/C37H37N3O2/c1-3-4-5-13-24-40-35-18-11-9-16-33(35)32(34-17-10-12-19-36(34)40)21-20-31(37(42)38-30-14-7-6-8-15-30)29-22-25-39(26-23-29)27-28(2)41/h6-12,14-23,25-26H,3-5,13,24,27H2,1-2H3/p+1. The van der Waals surface area contributed by atoms with Crippen LogP contribution < -0.4 is 14.8 Å². The number of anilines is 3. The van der Waals surface area contributed by atoms with Crippen LogP contribution in [0, 0.1) is 0 Å². The third kappa shape index (κ3) is 6.74. The van der Waals surface area contributed by atoms with Crippen LogP contribution in [0.2, 0.25) is 0 Å². The number of allylic oxidation sites excluding steroid dienone is 2. The van der Waals surface area contributed by atoms with Crippen molar-refractivity contribution in [3.8, 4) is 0 Å². The molecule has 0 spiro atoms. The Bertz CT molecular complexity index is 1550. The van der Waals surface area contributed by atoms with Crippen LogP contribution in [-0.2, 0) is 16.1 Å². The molecule has 1 aliphatic rings. The van der Waals surface area contributed by atoms with Crippen LogP contribution in [0.25, 0.3) is 11.1 Å². The van der Waals surface area contributed by atoms with E-state index in [1.165, 1.54) is 30.6 Å². The van der Waals surface area contributed by atoms with Gasteiger partial charge in [-0.3, -0.25) is 9.59 Å². The van der Waals surface area contributed by atoms with Gasteiger partial charge in [-0.05, 0) is 47.9 Å². The Hall–Kier alpha value is -4.77. The zero-order valence-corrected chi connectivity index (χ0v) is 24.4. The summed E-state index contributed by atoms with van der Waals surface area (Å²) in [5, 5.41) is 3.05. The summed E-state index contributed by atoms with van der Waals surface area (Å²) in [4.78, 5) is 27.8. The second kappa shape index (κ2) is 13.7. The molecular weight excluding hydrogens is 518 g/mol. The van der Waals surface area contributed by atoms with Gasteiger partial charge in [-0.15, -0.1) is 0 Å². The van der Waals surface area contributed by atoms with Gasteiger partial charge < -0.3 is 10.2 Å². The van der Waals surface area contributed by atoms with Crippen molar-refractivity contribution in [1.29, 1.82) is 0 Å². The number of hydrogen-bond acceptors (Lipinski definition) is 3. The van der Waals surface area contributed by atoms with Crippen molar-refractivity contribution in [3.05, 3.63) is 132 Å². The lowest BCUT2D eigenvalue weighted by Crippen LogP contribution is -2.36. The SMILES string of the molecule is CCCCCCN1c2ccccc2C(=C/C=C(/C(=O)Nc2ccccc2)c2cc[n+](CC(C)=O)cc2)c2ccccc21. The van der Waals surface area contributed by atoms with Crippen molar-refractivity contribution in [2.24, 2.45) is 0 Å². The molecule has 0 unspecified atom stereocenters. The second-order valence-corrected chi connectivity index (χ2v) is 10.7. The molecule has 5 heteroatoms. The van der Waals surface area contributed by atoms with Crippen molar-refractivity contribution in [1.82, 2.24) is 0 Å². The summed E-state index contributed by atoms with van der Waals surface area (Å²) in [7, 11) is 0. The summed E-state index contributed by atoms with van der Waals surface area (Å²) in [5.41, 5.74) is 7.80. The van der Waals surface area contributed by atoms with Gasteiger partial charge in [0.05, 0.1) is 0 Å². The van der Waals surface area contributed by atoms with E-state index in [4.69, 9.17) is 0 Å². The molecule has 0 radical (unpaired) electrons. The smallest absolute Gasteiger partial charge is 0.256 e. The first-order valence-corrected chi connectivity index (χ1v) is 14.8. The summed E-state index contributed by atoms with van der Waals surface area (Å²) < 4.78 is 1.82. The molecule has 0 saturated carbocycles. The zero-order valence-electron chi connectivity index (χ0n) is 24.4. The average Bonchev–Trinajstić information content (AvgIpc) is 3.01. The number of carbonyl (C=O) groups is 2. The van der Waals surface area contributed by atoms with E-state index in [0.717, 1.165) is 40.9 Å². The number of nitrogens with zero attached hydrogens (tertiary/aromatic N) is 2. The Morgan fingerprint density at radius 3 is 2.02 bits per heavy atom. The van der Waals surface area contributed by atoms with Gasteiger partial charge >= 0.3 is 0 Å². The maximum Gasteiger partial charge on any atom is 0.256 e. The van der Waals surface area contributed by atoms with Gasteiger partial charge in [0.25, 0.3) is 5.91 Å². The first-order valence-electron chi connectivity index (χ1n) is 14.8. The van der Waals surface area contributed by atoms with Crippen molar-refractivity contribution >= 4 is 39.9 Å². The zero-order chi connectivity index (χ0) is 29.3. The Morgan fingerprint density at radius 1 is 0.786 bits per heavy atom. The third-order valence-electron chi connectivity index (χ3n) is 7.51. The van der Waals surface area contributed by atoms with E-state index < -0.39 is 0 Å². The van der Waals surface area contributed by atoms with Gasteiger partial charge in [0.1, 0.15) is 0 Å². The predicted molar refractivity (Wildman–Crippen MR) is 171 cm³/mol. The summed E-state index contributed by atoms with van der Waals surface area (Å²) in [6, 6.07) is 30.3. The minimum atomic E-state index is -0.197. The Morgan fingerprint density at radius 2 is 1.40 bits per heavy atom. The maximum atomic E-state index is 13.7. The highest BCUT2D eigenvalue weighted by Crippen LogP contribution is 2.45. The van der Waals surface area contributed by atoms with Gasteiger partial charge in [0.2, 0.25) is 6.54 Å². The number of Topliss-reactive ketones (excluding diaryl/α,β-unsaturated/α-hetero) is 1. The molecular formula is C37H38N3O2+. The fraction of sp³-hybridized carbons (Fsp3) is 0.216. The van der Waals surface area contributed by atoms with Crippen LogP contribution in [-0.4, -0.2) is 18.2 Å². The third-order valence-corrected chi connectivity index (χ3v) is 7.51. The number of nitrogens with one attached hydrogen (secondary N) is 1. The molecule has 0 atom stereocenters. The Labute approximate surface area is 248 Å². The summed E-state index contributed by atoms with van der Waals surface area (Å²) in [6.45, 7) is 5.07. The lowest BCUT2D eigenvalue weighted by Gasteiger charge is -2.34. The molecule has 1 aromatic heterocycles. The molecule has 1 aliphatic heterocycles.